The largest absolute Gasteiger partial charge is 0.349 e. The van der Waals surface area contributed by atoms with Gasteiger partial charge in [0.1, 0.15) is 5.78 Å². The number of carbonyl (C=O) groups excluding carboxylic acids is 2. The highest BCUT2D eigenvalue weighted by Crippen LogP contribution is 2.18. The van der Waals surface area contributed by atoms with Gasteiger partial charge < -0.3 is 5.32 Å². The number of Topliss-reactive ketones (excluding diaryl/α,β-unsaturated/α-hetero) is 1. The number of carbonyl (C=O) groups is 2. The molecule has 0 aliphatic heterocycles. The molecule has 1 aromatic carbocycles. The van der Waals surface area contributed by atoms with Crippen molar-refractivity contribution in [2.45, 2.75) is 38.6 Å². The van der Waals surface area contributed by atoms with Gasteiger partial charge >= 0.3 is 0 Å². The van der Waals surface area contributed by atoms with Crippen LogP contribution >= 0.6 is 11.6 Å². The highest BCUT2D eigenvalue weighted by Gasteiger charge is 2.21. The fourth-order valence-electron chi connectivity index (χ4n) is 2.23. The van der Waals surface area contributed by atoms with Crippen LogP contribution in [0.4, 0.5) is 0 Å². The second kappa shape index (κ2) is 5.53. The molecule has 3 nitrogen and oxygen atoms in total. The highest BCUT2D eigenvalue weighted by molar-refractivity contribution is 6.30. The number of halogens is 1. The van der Waals surface area contributed by atoms with Crippen LogP contribution in [0.25, 0.3) is 0 Å². The zero-order chi connectivity index (χ0) is 13.1. The zero-order valence-electron chi connectivity index (χ0n) is 10.3. The minimum absolute atomic E-state index is 0.0801. The van der Waals surface area contributed by atoms with Crippen molar-refractivity contribution in [3.05, 3.63) is 34.3 Å². The smallest absolute Gasteiger partial charge is 0.251 e. The molecule has 1 aliphatic carbocycles. The Balaban J connectivity index is 2.01. The van der Waals surface area contributed by atoms with Crippen molar-refractivity contribution in [1.29, 1.82) is 0 Å². The Kier molecular flexibility index (Phi) is 4.02. The standard InChI is InChI=1S/C14H16ClNO2/c1-9-8-10(15)2-7-13(9)14(18)16-11-3-5-12(17)6-4-11/h2,7-8,11H,3-6H2,1H3,(H,16,18). The molecule has 0 radical (unpaired) electrons. The van der Waals surface area contributed by atoms with E-state index in [0.717, 1.165) is 18.4 Å². The SMILES string of the molecule is Cc1cc(Cl)ccc1C(=O)NC1CCC(=O)CC1. The van der Waals surface area contributed by atoms with Crippen LogP contribution in [0.5, 0.6) is 0 Å². The number of rotatable bonds is 2. The molecular formula is C14H16ClNO2. The quantitative estimate of drug-likeness (QED) is 0.894. The first-order valence-corrected chi connectivity index (χ1v) is 6.53. The van der Waals surface area contributed by atoms with Crippen LogP contribution in [0.15, 0.2) is 18.2 Å². The number of amides is 1. The predicted octanol–water partition coefficient (Wildman–Crippen LogP) is 2.89. The van der Waals surface area contributed by atoms with E-state index in [-0.39, 0.29) is 11.9 Å². The van der Waals surface area contributed by atoms with Gasteiger partial charge in [0.15, 0.2) is 0 Å². The normalized spacial score (nSPS) is 16.7. The van der Waals surface area contributed by atoms with Gasteiger partial charge in [-0.3, -0.25) is 9.59 Å². The van der Waals surface area contributed by atoms with Gasteiger partial charge in [0.25, 0.3) is 5.91 Å². The average molecular weight is 266 g/mol. The van der Waals surface area contributed by atoms with E-state index in [0.29, 0.717) is 29.2 Å². The molecule has 1 aliphatic rings. The molecule has 1 aromatic rings. The van der Waals surface area contributed by atoms with Gasteiger partial charge in [-0.2, -0.15) is 0 Å². The maximum atomic E-state index is 12.1. The lowest BCUT2D eigenvalue weighted by atomic mass is 9.94. The van der Waals surface area contributed by atoms with E-state index in [1.54, 1.807) is 18.2 Å². The number of hydrogen-bond acceptors (Lipinski definition) is 2. The summed E-state index contributed by atoms with van der Waals surface area (Å²) >= 11 is 5.86. The monoisotopic (exact) mass is 265 g/mol. The van der Waals surface area contributed by atoms with Crippen LogP contribution in [-0.2, 0) is 4.79 Å². The number of aryl methyl sites for hydroxylation is 1. The Morgan fingerprint density at radius 2 is 2.00 bits per heavy atom. The van der Waals surface area contributed by atoms with Crippen LogP contribution in [-0.4, -0.2) is 17.7 Å². The van der Waals surface area contributed by atoms with Crippen LogP contribution in [0.3, 0.4) is 0 Å². The number of nitrogens with one attached hydrogen (secondary N) is 1. The molecule has 1 fully saturated rings. The molecule has 18 heavy (non-hydrogen) atoms. The van der Waals surface area contributed by atoms with E-state index in [1.807, 2.05) is 6.92 Å². The molecule has 0 atom stereocenters. The Labute approximate surface area is 112 Å². The third kappa shape index (κ3) is 3.10. The molecule has 0 aromatic heterocycles. The molecular weight excluding hydrogens is 250 g/mol. The van der Waals surface area contributed by atoms with Crippen molar-refractivity contribution in [3.63, 3.8) is 0 Å². The van der Waals surface area contributed by atoms with E-state index in [9.17, 15) is 9.59 Å². The van der Waals surface area contributed by atoms with Crippen molar-refractivity contribution in [2.75, 3.05) is 0 Å². The number of ketones is 1. The van der Waals surface area contributed by atoms with Gasteiger partial charge in [-0.05, 0) is 43.5 Å². The lowest BCUT2D eigenvalue weighted by Gasteiger charge is -2.22. The van der Waals surface area contributed by atoms with Crippen molar-refractivity contribution < 1.29 is 9.59 Å². The number of hydrogen-bond donors (Lipinski definition) is 1. The van der Waals surface area contributed by atoms with Gasteiger partial charge in [0, 0.05) is 29.5 Å². The summed E-state index contributed by atoms with van der Waals surface area (Å²) in [5.74, 6) is 0.215. The maximum Gasteiger partial charge on any atom is 0.251 e. The minimum atomic E-state index is -0.0801. The fourth-order valence-corrected chi connectivity index (χ4v) is 2.46. The molecule has 1 amide bonds. The maximum absolute atomic E-state index is 12.1. The fraction of sp³-hybridized carbons (Fsp3) is 0.429. The summed E-state index contributed by atoms with van der Waals surface area (Å²) in [6.07, 6.45) is 2.64. The second-order valence-electron chi connectivity index (χ2n) is 4.75. The summed E-state index contributed by atoms with van der Waals surface area (Å²) < 4.78 is 0. The summed E-state index contributed by atoms with van der Waals surface area (Å²) in [4.78, 5) is 23.2. The molecule has 1 saturated carbocycles. The lowest BCUT2D eigenvalue weighted by molar-refractivity contribution is -0.120. The van der Waals surface area contributed by atoms with Crippen LogP contribution in [0, 0.1) is 6.92 Å². The molecule has 0 bridgehead atoms. The third-order valence-electron chi connectivity index (χ3n) is 3.31. The van der Waals surface area contributed by atoms with Crippen molar-refractivity contribution in [3.8, 4) is 0 Å². The summed E-state index contributed by atoms with van der Waals surface area (Å²) in [5, 5.41) is 3.61. The van der Waals surface area contributed by atoms with Gasteiger partial charge in [0.2, 0.25) is 0 Å². The van der Waals surface area contributed by atoms with E-state index in [2.05, 4.69) is 5.32 Å². The molecule has 0 spiro atoms. The molecule has 0 heterocycles. The Morgan fingerprint density at radius 3 is 2.61 bits per heavy atom. The van der Waals surface area contributed by atoms with Crippen LogP contribution in [0.2, 0.25) is 5.02 Å². The number of benzene rings is 1. The van der Waals surface area contributed by atoms with Gasteiger partial charge in [-0.15, -0.1) is 0 Å². The van der Waals surface area contributed by atoms with Gasteiger partial charge in [-0.25, -0.2) is 0 Å². The Bertz CT molecular complexity index is 475. The first kappa shape index (κ1) is 13.1. The third-order valence-corrected chi connectivity index (χ3v) is 3.55. The van der Waals surface area contributed by atoms with Crippen molar-refractivity contribution in [2.24, 2.45) is 0 Å². The second-order valence-corrected chi connectivity index (χ2v) is 5.18. The molecule has 2 rings (SSSR count). The first-order chi connectivity index (χ1) is 8.56. The molecule has 0 unspecified atom stereocenters. The van der Waals surface area contributed by atoms with Crippen molar-refractivity contribution >= 4 is 23.3 Å². The van der Waals surface area contributed by atoms with Crippen LogP contribution in [0.1, 0.15) is 41.6 Å². The van der Waals surface area contributed by atoms with E-state index in [1.165, 1.54) is 0 Å². The molecule has 0 saturated heterocycles. The van der Waals surface area contributed by atoms with Gasteiger partial charge in [0.05, 0.1) is 0 Å². The average Bonchev–Trinajstić information content (AvgIpc) is 2.32. The Hall–Kier alpha value is -1.35. The first-order valence-electron chi connectivity index (χ1n) is 6.15. The molecule has 4 heteroatoms. The summed E-state index contributed by atoms with van der Waals surface area (Å²) in [7, 11) is 0. The highest BCUT2D eigenvalue weighted by atomic mass is 35.5. The lowest BCUT2D eigenvalue weighted by Crippen LogP contribution is -2.38. The van der Waals surface area contributed by atoms with E-state index >= 15 is 0 Å². The summed E-state index contributed by atoms with van der Waals surface area (Å²) in [6, 6.07) is 5.35. The predicted molar refractivity (Wildman–Crippen MR) is 70.9 cm³/mol. The minimum Gasteiger partial charge on any atom is -0.349 e. The van der Waals surface area contributed by atoms with Gasteiger partial charge in [-0.1, -0.05) is 11.6 Å². The zero-order valence-corrected chi connectivity index (χ0v) is 11.1. The molecule has 1 N–H and O–H groups in total. The summed E-state index contributed by atoms with van der Waals surface area (Å²) in [6.45, 7) is 1.87. The topological polar surface area (TPSA) is 46.2 Å². The van der Waals surface area contributed by atoms with Crippen molar-refractivity contribution in [1.82, 2.24) is 5.32 Å². The van der Waals surface area contributed by atoms with E-state index < -0.39 is 0 Å². The summed E-state index contributed by atoms with van der Waals surface area (Å²) in [5.41, 5.74) is 1.52. The molecule has 96 valence electrons. The Morgan fingerprint density at radius 1 is 1.33 bits per heavy atom. The van der Waals surface area contributed by atoms with Crippen LogP contribution < -0.4 is 5.32 Å². The van der Waals surface area contributed by atoms with E-state index in [4.69, 9.17) is 11.6 Å².